The molecule has 0 spiro atoms. The summed E-state index contributed by atoms with van der Waals surface area (Å²) < 4.78 is 13.0. The van der Waals surface area contributed by atoms with Crippen LogP contribution in [0.2, 0.25) is 0 Å². The maximum Gasteiger partial charge on any atom is 0.119 e. The molecule has 1 heterocycles. The first kappa shape index (κ1) is 64.6. The van der Waals surface area contributed by atoms with Crippen molar-refractivity contribution >= 4 is 54.1 Å². The summed E-state index contributed by atoms with van der Waals surface area (Å²) in [6, 6.07) is 79.7. The van der Waals surface area contributed by atoms with E-state index in [0.717, 1.165) is 76.6 Å². The van der Waals surface area contributed by atoms with Crippen molar-refractivity contribution in [3.63, 3.8) is 0 Å². The Morgan fingerprint density at radius 3 is 1.01 bits per heavy atom. The molecule has 0 bridgehead atoms. The van der Waals surface area contributed by atoms with Crippen molar-refractivity contribution in [2.45, 2.75) is 111 Å². The second kappa shape index (κ2) is 32.9. The second-order valence-corrected chi connectivity index (χ2v) is 23.4. The highest BCUT2D eigenvalue weighted by molar-refractivity contribution is 6.08. The molecule has 10 aromatic carbocycles. The van der Waals surface area contributed by atoms with Crippen LogP contribution in [0.4, 0.5) is 0 Å². The number of hydrogen-bond donors (Lipinski definition) is 6. The fraction of sp³-hybridized carbons (Fsp3) is 0.316. The maximum absolute atomic E-state index is 5.29. The number of benzene rings is 10. The molecular formula is C79H95N7O2. The molecule has 0 unspecified atom stereocenters. The largest absolute Gasteiger partial charge is 0.497 e. The van der Waals surface area contributed by atoms with Crippen LogP contribution in [-0.4, -0.2) is 58.1 Å². The molecule has 9 nitrogen and oxygen atoms in total. The van der Waals surface area contributed by atoms with Crippen LogP contribution < -0.4 is 41.4 Å². The van der Waals surface area contributed by atoms with E-state index >= 15 is 0 Å². The molecule has 0 aliphatic carbocycles. The first-order valence-corrected chi connectivity index (χ1v) is 32.2. The van der Waals surface area contributed by atoms with Crippen LogP contribution in [0.25, 0.3) is 54.1 Å². The third kappa shape index (κ3) is 17.1. The zero-order chi connectivity index (χ0) is 61.6. The minimum atomic E-state index is 0.311. The molecule has 0 saturated carbocycles. The number of fused-ring (bicyclic) bond motifs is 6. The summed E-state index contributed by atoms with van der Waals surface area (Å²) >= 11 is 0. The van der Waals surface area contributed by atoms with Gasteiger partial charge in [0.15, 0.2) is 0 Å². The van der Waals surface area contributed by atoms with E-state index in [0.29, 0.717) is 36.3 Å². The van der Waals surface area contributed by atoms with Crippen LogP contribution in [0, 0.1) is 0 Å². The summed E-state index contributed by atoms with van der Waals surface area (Å²) in [6.07, 6.45) is 3.27. The van der Waals surface area contributed by atoms with E-state index in [9.17, 15) is 0 Å². The molecule has 1 aromatic heterocycles. The zero-order valence-corrected chi connectivity index (χ0v) is 53.6. The Morgan fingerprint density at radius 2 is 0.625 bits per heavy atom. The van der Waals surface area contributed by atoms with Gasteiger partial charge in [-0.25, -0.2) is 0 Å². The number of nitrogens with one attached hydrogen (secondary N) is 6. The van der Waals surface area contributed by atoms with Gasteiger partial charge in [-0.2, -0.15) is 0 Å². The SMILES string of the molecule is CCn1c2ccccc2c2ccc([C@@H](C)NCCCN[C@H](C)c3cccc4ccccc34)cc21.COc1cccc([C@@H](C)NCCCN[C@H](C)c2cccc(OC)c2)c1.C[C@@H](NCCCN[C@H](C)c1cccc2ccccc12)c1cccc2ccccc12. The maximum atomic E-state index is 5.29. The second-order valence-electron chi connectivity index (χ2n) is 23.4. The summed E-state index contributed by atoms with van der Waals surface area (Å²) in [7, 11) is 3.40. The Balaban J connectivity index is 0.000000159. The van der Waals surface area contributed by atoms with E-state index in [2.05, 4.69) is 279 Å². The Kier molecular flexibility index (Phi) is 24.2. The van der Waals surface area contributed by atoms with E-state index in [-0.39, 0.29) is 0 Å². The molecule has 0 fully saturated rings. The van der Waals surface area contributed by atoms with E-state index in [1.165, 1.54) is 87.5 Å². The first-order valence-electron chi connectivity index (χ1n) is 32.2. The van der Waals surface area contributed by atoms with Gasteiger partial charge in [-0.1, -0.05) is 182 Å². The number of hydrogen-bond acceptors (Lipinski definition) is 8. The quantitative estimate of drug-likeness (QED) is 0.0284. The molecule has 0 aliphatic heterocycles. The van der Waals surface area contributed by atoms with Gasteiger partial charge in [-0.05, 0) is 209 Å². The average molecular weight is 1170 g/mol. The molecule has 458 valence electrons. The summed E-state index contributed by atoms with van der Waals surface area (Å²) in [5, 5.41) is 32.6. The molecule has 0 aliphatic rings. The lowest BCUT2D eigenvalue weighted by Crippen LogP contribution is -2.26. The normalized spacial score (nSPS) is 13.5. The van der Waals surface area contributed by atoms with Crippen molar-refractivity contribution in [1.29, 1.82) is 0 Å². The van der Waals surface area contributed by atoms with Gasteiger partial charge in [-0.3, -0.25) is 0 Å². The molecule has 6 N–H and O–H groups in total. The number of aromatic nitrogens is 1. The standard InChI is InChI=1S/C31H35N3.C27H30N2.C21H30N2O2/c1-4-34-30-16-8-7-14-28(30)29-18-17-25(21-31(29)34)22(2)32-19-10-20-33-23(3)26-15-9-12-24-11-5-6-13-27(24)26;1-20(24-16-7-12-22-10-3-5-14-26(22)24)28-18-9-19-29-21(2)25-17-8-13-23-11-4-6-15-27(23)25;1-16(18-8-5-10-20(14-18)24-3)22-12-7-13-23-17(2)19-9-6-11-21(15-19)25-4/h5-9,11-18,21-23,32-33H,4,10,19-20H2,1-3H3;3-8,10-17,20-21,28-29H,9,18-19H2,1-2H3;5-6,8-11,14-17,22-23H,7,12-13H2,1-4H3/t22-,23-;20-,21-;16-,17-/m111/s1. The lowest BCUT2D eigenvalue weighted by Gasteiger charge is -2.19. The molecule has 0 saturated heterocycles. The minimum Gasteiger partial charge on any atom is -0.497 e. The third-order valence-electron chi connectivity index (χ3n) is 17.4. The van der Waals surface area contributed by atoms with E-state index in [1.807, 2.05) is 24.3 Å². The predicted octanol–water partition coefficient (Wildman–Crippen LogP) is 17.8. The first-order chi connectivity index (χ1) is 43.0. The lowest BCUT2D eigenvalue weighted by molar-refractivity contribution is 0.413. The van der Waals surface area contributed by atoms with Gasteiger partial charge >= 0.3 is 0 Å². The van der Waals surface area contributed by atoms with Gasteiger partial charge in [-0.15, -0.1) is 0 Å². The lowest BCUT2D eigenvalue weighted by atomic mass is 9.99. The summed E-state index contributed by atoms with van der Waals surface area (Å²) in [4.78, 5) is 0. The Bertz CT molecular complexity index is 3770. The molecule has 88 heavy (non-hydrogen) atoms. The molecular weight excluding hydrogens is 1080 g/mol. The van der Waals surface area contributed by atoms with Crippen LogP contribution >= 0.6 is 0 Å². The van der Waals surface area contributed by atoms with Gasteiger partial charge in [0.05, 0.1) is 14.2 Å². The molecule has 0 amide bonds. The number of aryl methyl sites for hydroxylation is 1. The van der Waals surface area contributed by atoms with Gasteiger partial charge in [0, 0.05) is 64.6 Å². The number of ether oxygens (including phenoxy) is 2. The van der Waals surface area contributed by atoms with E-state index in [1.54, 1.807) is 14.2 Å². The number of para-hydroxylation sites is 1. The highest BCUT2D eigenvalue weighted by Gasteiger charge is 2.15. The summed E-state index contributed by atoms with van der Waals surface area (Å²) in [5.41, 5.74) is 10.6. The van der Waals surface area contributed by atoms with E-state index in [4.69, 9.17) is 9.47 Å². The van der Waals surface area contributed by atoms with Crippen LogP contribution in [-0.2, 0) is 6.54 Å². The predicted molar refractivity (Wildman–Crippen MR) is 375 cm³/mol. The third-order valence-corrected chi connectivity index (χ3v) is 17.4. The van der Waals surface area contributed by atoms with Crippen molar-refractivity contribution in [2.24, 2.45) is 0 Å². The number of nitrogens with zero attached hydrogens (tertiary/aromatic N) is 1. The molecule has 6 atom stereocenters. The highest BCUT2D eigenvalue weighted by Crippen LogP contribution is 2.32. The van der Waals surface area contributed by atoms with Crippen LogP contribution in [0.1, 0.15) is 137 Å². The molecule has 0 radical (unpaired) electrons. The van der Waals surface area contributed by atoms with Gasteiger partial charge in [0.25, 0.3) is 0 Å². The van der Waals surface area contributed by atoms with Crippen LogP contribution in [0.5, 0.6) is 11.5 Å². The molecule has 11 aromatic rings. The summed E-state index contributed by atoms with van der Waals surface area (Å²) in [5.74, 6) is 1.81. The van der Waals surface area contributed by atoms with E-state index < -0.39 is 0 Å². The Labute approximate surface area is 524 Å². The summed E-state index contributed by atoms with van der Waals surface area (Å²) in [6.45, 7) is 22.5. The fourth-order valence-corrected chi connectivity index (χ4v) is 12.2. The van der Waals surface area contributed by atoms with Gasteiger partial charge in [0.2, 0.25) is 0 Å². The zero-order valence-electron chi connectivity index (χ0n) is 53.6. The number of methoxy groups -OCH3 is 2. The topological polar surface area (TPSA) is 95.6 Å². The minimum absolute atomic E-state index is 0.311. The average Bonchev–Trinajstić information content (AvgIpc) is 2.16. The van der Waals surface area contributed by atoms with Gasteiger partial charge in [0.1, 0.15) is 11.5 Å². The van der Waals surface area contributed by atoms with Crippen molar-refractivity contribution in [2.75, 3.05) is 53.5 Å². The smallest absolute Gasteiger partial charge is 0.119 e. The van der Waals surface area contributed by atoms with Crippen LogP contribution in [0.15, 0.2) is 218 Å². The van der Waals surface area contributed by atoms with Crippen molar-refractivity contribution in [3.8, 4) is 11.5 Å². The monoisotopic (exact) mass is 1170 g/mol. The van der Waals surface area contributed by atoms with Crippen molar-refractivity contribution < 1.29 is 9.47 Å². The number of rotatable bonds is 27. The Morgan fingerprint density at radius 1 is 0.307 bits per heavy atom. The van der Waals surface area contributed by atoms with Crippen molar-refractivity contribution in [1.82, 2.24) is 36.5 Å². The van der Waals surface area contributed by atoms with Crippen molar-refractivity contribution in [3.05, 3.63) is 252 Å². The molecule has 9 heteroatoms. The molecule has 11 rings (SSSR count). The Hall–Kier alpha value is -7.86. The van der Waals surface area contributed by atoms with Gasteiger partial charge < -0.3 is 45.9 Å². The van der Waals surface area contributed by atoms with Crippen LogP contribution in [0.3, 0.4) is 0 Å². The fourth-order valence-electron chi connectivity index (χ4n) is 12.2. The highest BCUT2D eigenvalue weighted by atomic mass is 16.5.